The van der Waals surface area contributed by atoms with E-state index in [4.69, 9.17) is 0 Å². The summed E-state index contributed by atoms with van der Waals surface area (Å²) in [5.41, 5.74) is 2.50. The average molecular weight is 169 g/mol. The van der Waals surface area contributed by atoms with Gasteiger partial charge in [-0.2, -0.15) is 0 Å². The van der Waals surface area contributed by atoms with Gasteiger partial charge in [0.05, 0.1) is 0 Å². The summed E-state index contributed by atoms with van der Waals surface area (Å²) in [5.74, 6) is 0. The molecule has 0 aliphatic carbocycles. The molecule has 0 unspecified atom stereocenters. The first-order valence-electron chi connectivity index (χ1n) is 3.72. The number of nitrogens with zero attached hydrogens (tertiary/aromatic N) is 3. The summed E-state index contributed by atoms with van der Waals surface area (Å²) in [5, 5.41) is 9.70. The van der Waals surface area contributed by atoms with Crippen molar-refractivity contribution in [1.82, 2.24) is 20.2 Å². The summed E-state index contributed by atoms with van der Waals surface area (Å²) < 4.78 is 1.38. The van der Waals surface area contributed by atoms with Gasteiger partial charge in [-0.1, -0.05) is 6.92 Å². The summed E-state index contributed by atoms with van der Waals surface area (Å²) in [7, 11) is 0. The molecule has 0 saturated carbocycles. The number of nitrogens with one attached hydrogen (secondary N) is 2. The Morgan fingerprint density at radius 2 is 2.17 bits per heavy atom. The predicted octanol–water partition coefficient (Wildman–Crippen LogP) is -0.0588. The van der Waals surface area contributed by atoms with Crippen molar-refractivity contribution >= 4 is 6.03 Å². The van der Waals surface area contributed by atoms with Crippen LogP contribution in [0.2, 0.25) is 0 Å². The van der Waals surface area contributed by atoms with Crippen molar-refractivity contribution in [3.05, 3.63) is 12.7 Å². The Bertz CT molecular complexity index is 232. The number of rotatable bonds is 3. The van der Waals surface area contributed by atoms with Crippen molar-refractivity contribution in [3.63, 3.8) is 0 Å². The van der Waals surface area contributed by atoms with E-state index < -0.39 is 0 Å². The molecule has 66 valence electrons. The number of hydrogen-bond donors (Lipinski definition) is 2. The van der Waals surface area contributed by atoms with Crippen LogP contribution in [-0.2, 0) is 0 Å². The minimum absolute atomic E-state index is 0.253. The highest BCUT2D eigenvalue weighted by molar-refractivity contribution is 5.81. The summed E-state index contributed by atoms with van der Waals surface area (Å²) >= 11 is 0. The molecule has 2 N–H and O–H groups in total. The molecule has 0 spiro atoms. The van der Waals surface area contributed by atoms with Crippen LogP contribution in [0.25, 0.3) is 0 Å². The van der Waals surface area contributed by atoms with E-state index in [1.807, 2.05) is 6.92 Å². The highest BCUT2D eigenvalue weighted by Gasteiger charge is 1.97. The minimum Gasteiger partial charge on any atom is -0.337 e. The van der Waals surface area contributed by atoms with Crippen molar-refractivity contribution in [3.8, 4) is 0 Å². The highest BCUT2D eigenvalue weighted by atomic mass is 16.2. The van der Waals surface area contributed by atoms with Crippen molar-refractivity contribution in [1.29, 1.82) is 0 Å². The van der Waals surface area contributed by atoms with Crippen LogP contribution in [0.4, 0.5) is 4.79 Å². The van der Waals surface area contributed by atoms with Gasteiger partial charge in [0.1, 0.15) is 12.7 Å². The van der Waals surface area contributed by atoms with Gasteiger partial charge in [-0.3, -0.25) is 0 Å². The first kappa shape index (κ1) is 8.51. The van der Waals surface area contributed by atoms with Gasteiger partial charge in [0.15, 0.2) is 0 Å². The van der Waals surface area contributed by atoms with E-state index in [9.17, 15) is 4.79 Å². The molecule has 0 radical (unpaired) electrons. The van der Waals surface area contributed by atoms with Crippen LogP contribution >= 0.6 is 0 Å². The lowest BCUT2D eigenvalue weighted by Gasteiger charge is -2.04. The normalized spacial score (nSPS) is 9.42. The fourth-order valence-electron chi connectivity index (χ4n) is 0.654. The van der Waals surface area contributed by atoms with Gasteiger partial charge in [-0.15, -0.1) is 10.2 Å². The fraction of sp³-hybridized carbons (Fsp3) is 0.500. The Labute approximate surface area is 69.9 Å². The molecule has 0 atom stereocenters. The monoisotopic (exact) mass is 169 g/mol. The summed E-state index contributed by atoms with van der Waals surface area (Å²) in [6.07, 6.45) is 3.73. The maximum Gasteiger partial charge on any atom is 0.333 e. The lowest BCUT2D eigenvalue weighted by atomic mass is 10.5. The van der Waals surface area contributed by atoms with Crippen LogP contribution in [0.3, 0.4) is 0 Å². The molecule has 6 heteroatoms. The molecule has 0 bridgehead atoms. The van der Waals surface area contributed by atoms with Crippen molar-refractivity contribution in [2.75, 3.05) is 12.0 Å². The minimum atomic E-state index is -0.253. The van der Waals surface area contributed by atoms with Gasteiger partial charge >= 0.3 is 6.03 Å². The molecule has 6 nitrogen and oxygen atoms in total. The molecule has 0 saturated heterocycles. The molecule has 0 fully saturated rings. The number of aromatic nitrogens is 3. The Morgan fingerprint density at radius 3 is 2.75 bits per heavy atom. The zero-order valence-corrected chi connectivity index (χ0v) is 6.82. The van der Waals surface area contributed by atoms with E-state index in [-0.39, 0.29) is 6.03 Å². The average Bonchev–Trinajstić information content (AvgIpc) is 2.53. The number of urea groups is 1. The molecule has 12 heavy (non-hydrogen) atoms. The third-order valence-corrected chi connectivity index (χ3v) is 1.18. The molecule has 0 aliphatic heterocycles. The van der Waals surface area contributed by atoms with Crippen molar-refractivity contribution in [2.45, 2.75) is 13.3 Å². The lowest BCUT2D eigenvalue weighted by molar-refractivity contribution is 0.249. The van der Waals surface area contributed by atoms with Gasteiger partial charge in [0.2, 0.25) is 0 Å². The molecule has 0 aromatic carbocycles. The van der Waals surface area contributed by atoms with Crippen molar-refractivity contribution < 1.29 is 4.79 Å². The van der Waals surface area contributed by atoms with Gasteiger partial charge in [-0.05, 0) is 6.42 Å². The van der Waals surface area contributed by atoms with Gasteiger partial charge in [0, 0.05) is 6.54 Å². The SMILES string of the molecule is CCCNC(=O)Nn1cnnc1. The zero-order valence-electron chi connectivity index (χ0n) is 6.82. The second kappa shape index (κ2) is 4.32. The zero-order chi connectivity index (χ0) is 8.81. The number of carbonyl (C=O) groups excluding carboxylic acids is 1. The second-order valence-electron chi connectivity index (χ2n) is 2.24. The van der Waals surface area contributed by atoms with Gasteiger partial charge in [0.25, 0.3) is 0 Å². The third-order valence-electron chi connectivity index (χ3n) is 1.18. The van der Waals surface area contributed by atoms with Gasteiger partial charge in [-0.25, -0.2) is 14.9 Å². The largest absolute Gasteiger partial charge is 0.337 e. The number of carbonyl (C=O) groups is 1. The van der Waals surface area contributed by atoms with Gasteiger partial charge < -0.3 is 5.32 Å². The Morgan fingerprint density at radius 1 is 1.50 bits per heavy atom. The molecular formula is C6H11N5O. The predicted molar refractivity (Wildman–Crippen MR) is 43.1 cm³/mol. The van der Waals surface area contributed by atoms with E-state index >= 15 is 0 Å². The van der Waals surface area contributed by atoms with E-state index in [0.29, 0.717) is 6.54 Å². The topological polar surface area (TPSA) is 71.8 Å². The number of amides is 2. The van der Waals surface area contributed by atoms with Crippen LogP contribution in [0.15, 0.2) is 12.7 Å². The summed E-state index contributed by atoms with van der Waals surface area (Å²) in [6, 6.07) is -0.253. The van der Waals surface area contributed by atoms with Crippen LogP contribution < -0.4 is 10.7 Å². The second-order valence-corrected chi connectivity index (χ2v) is 2.24. The standard InChI is InChI=1S/C6H11N5O/c1-2-3-7-6(12)10-11-4-8-9-5-11/h4-5H,2-3H2,1H3,(H2,7,10,12). The molecule has 2 amide bonds. The van der Waals surface area contributed by atoms with Crippen LogP contribution in [0.1, 0.15) is 13.3 Å². The summed E-state index contributed by atoms with van der Waals surface area (Å²) in [6.45, 7) is 2.65. The van der Waals surface area contributed by atoms with E-state index in [1.165, 1.54) is 17.3 Å². The van der Waals surface area contributed by atoms with Crippen LogP contribution in [-0.4, -0.2) is 27.4 Å². The molecule has 0 aliphatic rings. The molecule has 1 heterocycles. The molecule has 1 aromatic rings. The van der Waals surface area contributed by atoms with Crippen LogP contribution in [0.5, 0.6) is 0 Å². The van der Waals surface area contributed by atoms with E-state index in [1.54, 1.807) is 0 Å². The third kappa shape index (κ3) is 2.57. The molecular weight excluding hydrogens is 158 g/mol. The molecule has 1 rings (SSSR count). The Balaban J connectivity index is 2.27. The van der Waals surface area contributed by atoms with Crippen molar-refractivity contribution in [2.24, 2.45) is 0 Å². The van der Waals surface area contributed by atoms with E-state index in [2.05, 4.69) is 20.9 Å². The quantitative estimate of drug-likeness (QED) is 0.665. The lowest BCUT2D eigenvalue weighted by Crippen LogP contribution is -2.33. The highest BCUT2D eigenvalue weighted by Crippen LogP contribution is 1.76. The van der Waals surface area contributed by atoms with Crippen LogP contribution in [0, 0.1) is 0 Å². The first-order chi connectivity index (χ1) is 5.83. The fourth-order valence-corrected chi connectivity index (χ4v) is 0.654. The first-order valence-corrected chi connectivity index (χ1v) is 3.72. The summed E-state index contributed by atoms with van der Waals surface area (Å²) in [4.78, 5) is 11.0. The molecule has 1 aromatic heterocycles. The maximum atomic E-state index is 11.0. The number of hydrogen-bond acceptors (Lipinski definition) is 3. The smallest absolute Gasteiger partial charge is 0.333 e. The Hall–Kier alpha value is -1.59. The maximum absolute atomic E-state index is 11.0. The Kier molecular flexibility index (Phi) is 3.06. The van der Waals surface area contributed by atoms with E-state index in [0.717, 1.165) is 6.42 Å².